The molecule has 21 heteroatoms. The Hall–Kier alpha value is -3.92. The highest BCUT2D eigenvalue weighted by atomic mass is 32.2. The number of sulfonamides is 1. The fourth-order valence-corrected chi connectivity index (χ4v) is 5.62. The van der Waals surface area contributed by atoms with Gasteiger partial charge in [-0.15, -0.1) is 0 Å². The van der Waals surface area contributed by atoms with Gasteiger partial charge in [-0.3, -0.25) is 33.6 Å². The van der Waals surface area contributed by atoms with Crippen LogP contribution in [0.3, 0.4) is 0 Å². The molecule has 0 unspecified atom stereocenters. The normalized spacial score (nSPS) is 30.6. The highest BCUT2D eigenvalue weighted by Crippen LogP contribution is 2.36. The van der Waals surface area contributed by atoms with Crippen LogP contribution in [0.5, 0.6) is 0 Å². The highest BCUT2D eigenvalue weighted by Gasteiger charge is 2.59. The van der Waals surface area contributed by atoms with E-state index >= 15 is 0 Å². The summed E-state index contributed by atoms with van der Waals surface area (Å²) < 4.78 is 79.3. The molecule has 266 valence electrons. The van der Waals surface area contributed by atoms with Gasteiger partial charge < -0.3 is 47.4 Å². The van der Waals surface area contributed by atoms with Gasteiger partial charge in [-0.25, -0.2) is 13.6 Å². The van der Waals surface area contributed by atoms with Crippen molar-refractivity contribution < 1.29 is 89.3 Å². The first kappa shape index (κ1) is 39.3. The van der Waals surface area contributed by atoms with E-state index in [-0.39, 0.29) is 0 Å². The number of hydrogen-bond donors (Lipinski definition) is 1. The Balaban J connectivity index is 2.77. The molecule has 2 N–H and O–H groups in total. The van der Waals surface area contributed by atoms with Crippen LogP contribution >= 0.6 is 0 Å². The van der Waals surface area contributed by atoms with Crippen molar-refractivity contribution >= 4 is 51.8 Å². The largest absolute Gasteiger partial charge is 0.463 e. The molecule has 47 heavy (non-hydrogen) atoms. The topological polar surface area (TPSA) is 272 Å². The van der Waals surface area contributed by atoms with Crippen LogP contribution < -0.4 is 5.14 Å². The summed E-state index contributed by atoms with van der Waals surface area (Å²) in [6.45, 7) is 5.48. The summed E-state index contributed by atoms with van der Waals surface area (Å²) in [5, 5.41) is 5.34. The molecular weight excluding hydrogens is 662 g/mol. The van der Waals surface area contributed by atoms with Gasteiger partial charge in [0.15, 0.2) is 36.8 Å². The third kappa shape index (κ3) is 11.7. The van der Waals surface area contributed by atoms with Gasteiger partial charge in [-0.2, -0.15) is 0 Å². The predicted octanol–water partition coefficient (Wildman–Crippen LogP) is -2.11. The fourth-order valence-electron chi connectivity index (χ4n) is 4.74. The van der Waals surface area contributed by atoms with Crippen molar-refractivity contribution in [3.05, 3.63) is 0 Å². The van der Waals surface area contributed by atoms with Crippen LogP contribution in [0.4, 0.5) is 0 Å². The molecule has 2 saturated heterocycles. The van der Waals surface area contributed by atoms with Crippen molar-refractivity contribution in [2.75, 3.05) is 13.2 Å². The standard InChI is InChI=1S/C26H37NO19S/c1-10(28)37-8-17-19(39-12(3)30)21(40-13(4)31)23(42-15(6)33)25(44-17)46-20-18(9-38-11(2)29)45-26(47(27,35)36)24(43-16(7)34)22(20)41-14(5)32/h17-26H,8-9H2,1-7H3,(H2,27,35,36)/t17-,18-,19+,20-,21+,22+,23-,24-,25+,26+/m1/s1. The van der Waals surface area contributed by atoms with Gasteiger partial charge in [-0.1, -0.05) is 0 Å². The fraction of sp³-hybridized carbons (Fsp3) is 0.731. The van der Waals surface area contributed by atoms with Gasteiger partial charge in [0, 0.05) is 48.5 Å². The maximum Gasteiger partial charge on any atom is 0.303 e. The van der Waals surface area contributed by atoms with E-state index in [1.807, 2.05) is 0 Å². The predicted molar refractivity (Wildman–Crippen MR) is 146 cm³/mol. The van der Waals surface area contributed by atoms with Gasteiger partial charge >= 0.3 is 41.8 Å². The molecule has 2 aliphatic heterocycles. The molecule has 2 aliphatic rings. The molecule has 0 bridgehead atoms. The summed E-state index contributed by atoms with van der Waals surface area (Å²) in [7, 11) is -4.75. The van der Waals surface area contributed by atoms with Crippen molar-refractivity contribution in [1.82, 2.24) is 0 Å². The molecule has 0 amide bonds. The molecule has 0 aromatic heterocycles. The number of rotatable bonds is 12. The zero-order valence-corrected chi connectivity index (χ0v) is 27.2. The Morgan fingerprint density at radius 1 is 0.511 bits per heavy atom. The summed E-state index contributed by atoms with van der Waals surface area (Å²) >= 11 is 0. The second-order valence-electron chi connectivity index (χ2n) is 10.3. The number of nitrogens with two attached hydrogens (primary N) is 1. The van der Waals surface area contributed by atoms with E-state index in [4.69, 9.17) is 52.5 Å². The molecular formula is C26H37NO19S. The van der Waals surface area contributed by atoms with Crippen molar-refractivity contribution in [2.24, 2.45) is 5.14 Å². The van der Waals surface area contributed by atoms with Crippen LogP contribution in [0.15, 0.2) is 0 Å². The SMILES string of the molecule is CC(=O)OC[C@H]1O[C@@H](O[C@H]2[C@H](OC(C)=O)[C@@H](OC(C)=O)[C@H](S(N)(=O)=O)O[C@@H]2COC(C)=O)[C@H](OC(C)=O)[C@@H](OC(C)=O)[C@H]1OC(C)=O. The highest BCUT2D eigenvalue weighted by molar-refractivity contribution is 7.89. The maximum absolute atomic E-state index is 12.6. The molecule has 0 aromatic rings. The second kappa shape index (κ2) is 16.8. The Kier molecular flexibility index (Phi) is 14.0. The monoisotopic (exact) mass is 699 g/mol. The lowest BCUT2D eigenvalue weighted by atomic mass is 9.96. The van der Waals surface area contributed by atoms with Crippen LogP contribution in [0, 0.1) is 0 Å². The van der Waals surface area contributed by atoms with Crippen LogP contribution in [0.2, 0.25) is 0 Å². The number of hydrogen-bond acceptors (Lipinski definition) is 19. The Morgan fingerprint density at radius 3 is 1.28 bits per heavy atom. The van der Waals surface area contributed by atoms with Crippen molar-refractivity contribution in [1.29, 1.82) is 0 Å². The third-order valence-corrected chi connectivity index (χ3v) is 7.24. The van der Waals surface area contributed by atoms with Gasteiger partial charge in [0.2, 0.25) is 15.5 Å². The van der Waals surface area contributed by atoms with Crippen molar-refractivity contribution in [3.8, 4) is 0 Å². The summed E-state index contributed by atoms with van der Waals surface area (Å²) in [6.07, 6.45) is -15.8. The van der Waals surface area contributed by atoms with Crippen molar-refractivity contribution in [3.63, 3.8) is 0 Å². The van der Waals surface area contributed by atoms with Crippen LogP contribution in [-0.4, -0.2) is 124 Å². The Bertz CT molecular complexity index is 1320. The summed E-state index contributed by atoms with van der Waals surface area (Å²) in [5.41, 5.74) is -2.19. The summed E-state index contributed by atoms with van der Waals surface area (Å²) in [4.78, 5) is 84.1. The van der Waals surface area contributed by atoms with Crippen LogP contribution in [0.1, 0.15) is 48.5 Å². The van der Waals surface area contributed by atoms with Crippen LogP contribution in [0.25, 0.3) is 0 Å². The number of ether oxygens (including phenoxy) is 10. The minimum Gasteiger partial charge on any atom is -0.463 e. The minimum absolute atomic E-state index is 0.632. The first-order valence-corrected chi connectivity index (χ1v) is 15.4. The zero-order valence-electron chi connectivity index (χ0n) is 26.4. The van der Waals surface area contributed by atoms with E-state index in [0.29, 0.717) is 0 Å². The molecule has 0 radical (unpaired) electrons. The molecule has 10 atom stereocenters. The minimum atomic E-state index is -4.75. The molecule has 2 fully saturated rings. The van der Waals surface area contributed by atoms with E-state index < -0.39 is 126 Å². The smallest absolute Gasteiger partial charge is 0.303 e. The van der Waals surface area contributed by atoms with E-state index in [1.165, 1.54) is 0 Å². The summed E-state index contributed by atoms with van der Waals surface area (Å²) in [5.74, 6) is -6.60. The third-order valence-electron chi connectivity index (χ3n) is 6.21. The van der Waals surface area contributed by atoms with Crippen LogP contribution in [-0.2, 0) is 91.0 Å². The lowest BCUT2D eigenvalue weighted by Crippen LogP contribution is -2.68. The molecule has 2 heterocycles. The summed E-state index contributed by atoms with van der Waals surface area (Å²) in [6, 6.07) is 0. The number of carbonyl (C=O) groups excluding carboxylic acids is 7. The second-order valence-corrected chi connectivity index (χ2v) is 11.9. The van der Waals surface area contributed by atoms with Gasteiger partial charge in [-0.05, 0) is 0 Å². The lowest BCUT2D eigenvalue weighted by Gasteiger charge is -2.48. The maximum atomic E-state index is 12.6. The van der Waals surface area contributed by atoms with E-state index in [9.17, 15) is 42.0 Å². The van der Waals surface area contributed by atoms with Gasteiger partial charge in [0.1, 0.15) is 31.5 Å². The first-order chi connectivity index (χ1) is 21.7. The molecule has 0 aliphatic carbocycles. The van der Waals surface area contributed by atoms with E-state index in [1.54, 1.807) is 0 Å². The Labute approximate surface area is 268 Å². The van der Waals surface area contributed by atoms with Gasteiger partial charge in [0.05, 0.1) is 0 Å². The average Bonchev–Trinajstić information content (AvgIpc) is 2.89. The molecule has 0 spiro atoms. The van der Waals surface area contributed by atoms with Gasteiger partial charge in [0.25, 0.3) is 0 Å². The molecule has 0 aromatic carbocycles. The molecule has 2 rings (SSSR count). The quantitative estimate of drug-likeness (QED) is 0.169. The zero-order chi connectivity index (χ0) is 35.8. The number of esters is 7. The number of primary sulfonamides is 1. The molecule has 0 saturated carbocycles. The number of carbonyl (C=O) groups is 7. The lowest BCUT2D eigenvalue weighted by molar-refractivity contribution is -0.341. The molecule has 20 nitrogen and oxygen atoms in total. The van der Waals surface area contributed by atoms with E-state index in [2.05, 4.69) is 0 Å². The Morgan fingerprint density at radius 2 is 0.872 bits per heavy atom. The van der Waals surface area contributed by atoms with Crippen molar-refractivity contribution in [2.45, 2.75) is 109 Å². The average molecular weight is 700 g/mol. The first-order valence-electron chi connectivity index (χ1n) is 13.8. The van der Waals surface area contributed by atoms with E-state index in [0.717, 1.165) is 48.5 Å².